The van der Waals surface area contributed by atoms with Gasteiger partial charge in [0, 0.05) is 6.04 Å². The first-order valence-electron chi connectivity index (χ1n) is 6.57. The number of hydrogen-bond donors (Lipinski definition) is 2. The first kappa shape index (κ1) is 14.0. The van der Waals surface area contributed by atoms with Gasteiger partial charge in [-0.2, -0.15) is 0 Å². The second-order valence-electron chi connectivity index (χ2n) is 4.97. The van der Waals surface area contributed by atoms with Crippen LogP contribution >= 0.6 is 0 Å². The average molecular weight is 235 g/mol. The van der Waals surface area contributed by atoms with Gasteiger partial charge in [0.25, 0.3) is 0 Å². The molecule has 0 radical (unpaired) electrons. The smallest absolute Gasteiger partial charge is 0.121 e. The molecule has 0 aliphatic heterocycles. The Hall–Kier alpha value is -1.02. The van der Waals surface area contributed by atoms with Gasteiger partial charge in [-0.3, -0.25) is 0 Å². The van der Waals surface area contributed by atoms with E-state index in [4.69, 9.17) is 0 Å². The summed E-state index contributed by atoms with van der Waals surface area (Å²) in [5.41, 5.74) is 3.28. The zero-order valence-electron chi connectivity index (χ0n) is 11.5. The Morgan fingerprint density at radius 2 is 1.82 bits per heavy atom. The van der Waals surface area contributed by atoms with Crippen molar-refractivity contribution in [2.45, 2.75) is 53.0 Å². The van der Waals surface area contributed by atoms with Crippen molar-refractivity contribution in [1.29, 1.82) is 0 Å². The summed E-state index contributed by atoms with van der Waals surface area (Å²) in [6.07, 6.45) is 3.39. The Balaban J connectivity index is 2.52. The molecule has 1 aromatic carbocycles. The molecule has 2 nitrogen and oxygen atoms in total. The SMILES string of the molecule is CCCNC(C)CCc1cc(C)c(O)c(C)c1. The van der Waals surface area contributed by atoms with E-state index >= 15 is 0 Å². The fourth-order valence-corrected chi connectivity index (χ4v) is 2.07. The van der Waals surface area contributed by atoms with Gasteiger partial charge in [-0.15, -0.1) is 0 Å². The van der Waals surface area contributed by atoms with Gasteiger partial charge >= 0.3 is 0 Å². The maximum Gasteiger partial charge on any atom is 0.121 e. The van der Waals surface area contributed by atoms with Gasteiger partial charge < -0.3 is 10.4 Å². The highest BCUT2D eigenvalue weighted by Gasteiger charge is 2.05. The monoisotopic (exact) mass is 235 g/mol. The number of phenols is 1. The molecule has 0 amide bonds. The lowest BCUT2D eigenvalue weighted by molar-refractivity contribution is 0.466. The zero-order chi connectivity index (χ0) is 12.8. The lowest BCUT2D eigenvalue weighted by Crippen LogP contribution is -2.27. The number of phenolic OH excluding ortho intramolecular Hbond substituents is 1. The van der Waals surface area contributed by atoms with Crippen LogP contribution in [0.2, 0.25) is 0 Å². The van der Waals surface area contributed by atoms with Crippen molar-refractivity contribution in [3.63, 3.8) is 0 Å². The number of aryl methyl sites for hydroxylation is 3. The molecular weight excluding hydrogens is 210 g/mol. The summed E-state index contributed by atoms with van der Waals surface area (Å²) >= 11 is 0. The normalized spacial score (nSPS) is 12.7. The number of benzene rings is 1. The fourth-order valence-electron chi connectivity index (χ4n) is 2.07. The summed E-state index contributed by atoms with van der Waals surface area (Å²) in [6.45, 7) is 9.44. The van der Waals surface area contributed by atoms with Gasteiger partial charge in [-0.1, -0.05) is 19.1 Å². The first-order chi connectivity index (χ1) is 8.04. The largest absolute Gasteiger partial charge is 0.507 e. The third-order valence-electron chi connectivity index (χ3n) is 3.16. The summed E-state index contributed by atoms with van der Waals surface area (Å²) in [6, 6.07) is 4.74. The van der Waals surface area contributed by atoms with Crippen LogP contribution in [0.3, 0.4) is 0 Å². The standard InChI is InChI=1S/C15H25NO/c1-5-8-16-13(4)6-7-14-9-11(2)15(17)12(3)10-14/h9-10,13,16-17H,5-8H2,1-4H3. The van der Waals surface area contributed by atoms with Crippen molar-refractivity contribution < 1.29 is 5.11 Å². The molecule has 0 saturated carbocycles. The van der Waals surface area contributed by atoms with Crippen LogP contribution in [0.5, 0.6) is 5.75 Å². The van der Waals surface area contributed by atoms with Gasteiger partial charge in [0.15, 0.2) is 0 Å². The molecule has 1 unspecified atom stereocenters. The molecule has 2 heteroatoms. The molecule has 1 aromatic rings. The second-order valence-corrected chi connectivity index (χ2v) is 4.97. The van der Waals surface area contributed by atoms with E-state index < -0.39 is 0 Å². The van der Waals surface area contributed by atoms with Crippen LogP contribution in [0.1, 0.15) is 43.4 Å². The summed E-state index contributed by atoms with van der Waals surface area (Å²) < 4.78 is 0. The molecular formula is C15H25NO. The molecule has 0 aromatic heterocycles. The van der Waals surface area contributed by atoms with E-state index in [2.05, 4.69) is 31.3 Å². The minimum absolute atomic E-state index is 0.436. The lowest BCUT2D eigenvalue weighted by Gasteiger charge is -2.14. The predicted octanol–water partition coefficient (Wildman–Crippen LogP) is 3.33. The van der Waals surface area contributed by atoms with Crippen LogP contribution in [0.4, 0.5) is 0 Å². The molecule has 0 aliphatic carbocycles. The van der Waals surface area contributed by atoms with Crippen LogP contribution in [0, 0.1) is 13.8 Å². The van der Waals surface area contributed by atoms with Crippen LogP contribution in [0.15, 0.2) is 12.1 Å². The third kappa shape index (κ3) is 4.39. The second kappa shape index (κ2) is 6.65. The Labute approximate surface area is 105 Å². The lowest BCUT2D eigenvalue weighted by atomic mass is 10.0. The molecule has 96 valence electrons. The third-order valence-corrected chi connectivity index (χ3v) is 3.16. The molecule has 0 fully saturated rings. The first-order valence-corrected chi connectivity index (χ1v) is 6.57. The molecule has 1 rings (SSSR count). The van der Waals surface area contributed by atoms with E-state index in [1.54, 1.807) is 0 Å². The van der Waals surface area contributed by atoms with Crippen LogP contribution in [0.25, 0.3) is 0 Å². The molecule has 2 N–H and O–H groups in total. The number of aromatic hydroxyl groups is 1. The van der Waals surface area contributed by atoms with Crippen molar-refractivity contribution >= 4 is 0 Å². The quantitative estimate of drug-likeness (QED) is 0.792. The average Bonchev–Trinajstić information content (AvgIpc) is 2.30. The molecule has 0 heterocycles. The number of nitrogens with one attached hydrogen (secondary N) is 1. The maximum absolute atomic E-state index is 9.71. The summed E-state index contributed by atoms with van der Waals surface area (Å²) in [7, 11) is 0. The van der Waals surface area contributed by atoms with E-state index in [9.17, 15) is 5.11 Å². The summed E-state index contributed by atoms with van der Waals surface area (Å²) in [4.78, 5) is 0. The van der Waals surface area contributed by atoms with Crippen LogP contribution in [-0.4, -0.2) is 17.7 Å². The van der Waals surface area contributed by atoms with Gasteiger partial charge in [0.2, 0.25) is 0 Å². The van der Waals surface area contributed by atoms with Gasteiger partial charge in [-0.25, -0.2) is 0 Å². The van der Waals surface area contributed by atoms with Crippen molar-refractivity contribution in [1.82, 2.24) is 5.32 Å². The molecule has 0 bridgehead atoms. The van der Waals surface area contributed by atoms with E-state index in [1.807, 2.05) is 13.8 Å². The minimum Gasteiger partial charge on any atom is -0.507 e. The highest BCUT2D eigenvalue weighted by Crippen LogP contribution is 2.23. The van der Waals surface area contributed by atoms with E-state index in [0.717, 1.165) is 30.5 Å². The van der Waals surface area contributed by atoms with E-state index in [0.29, 0.717) is 11.8 Å². The Morgan fingerprint density at radius 1 is 1.24 bits per heavy atom. The van der Waals surface area contributed by atoms with Crippen molar-refractivity contribution in [3.8, 4) is 5.75 Å². The van der Waals surface area contributed by atoms with E-state index in [-0.39, 0.29) is 0 Å². The summed E-state index contributed by atoms with van der Waals surface area (Å²) in [5.74, 6) is 0.436. The van der Waals surface area contributed by atoms with E-state index in [1.165, 1.54) is 12.0 Å². The van der Waals surface area contributed by atoms with Crippen molar-refractivity contribution in [2.75, 3.05) is 6.54 Å². The Morgan fingerprint density at radius 3 is 2.35 bits per heavy atom. The van der Waals surface area contributed by atoms with Gasteiger partial charge in [0.1, 0.15) is 5.75 Å². The minimum atomic E-state index is 0.436. The molecule has 17 heavy (non-hydrogen) atoms. The van der Waals surface area contributed by atoms with Gasteiger partial charge in [0.05, 0.1) is 0 Å². The zero-order valence-corrected chi connectivity index (χ0v) is 11.5. The topological polar surface area (TPSA) is 32.3 Å². The maximum atomic E-state index is 9.71. The summed E-state index contributed by atoms with van der Waals surface area (Å²) in [5, 5.41) is 13.2. The molecule has 0 saturated heterocycles. The van der Waals surface area contributed by atoms with Crippen LogP contribution < -0.4 is 5.32 Å². The van der Waals surface area contributed by atoms with Crippen molar-refractivity contribution in [2.24, 2.45) is 0 Å². The molecule has 0 spiro atoms. The fraction of sp³-hybridized carbons (Fsp3) is 0.600. The highest BCUT2D eigenvalue weighted by molar-refractivity contribution is 5.42. The van der Waals surface area contributed by atoms with Crippen molar-refractivity contribution in [3.05, 3.63) is 28.8 Å². The van der Waals surface area contributed by atoms with Gasteiger partial charge in [-0.05, 0) is 63.3 Å². The number of hydrogen-bond acceptors (Lipinski definition) is 2. The molecule has 0 aliphatic rings. The number of rotatable bonds is 6. The highest BCUT2D eigenvalue weighted by atomic mass is 16.3. The van der Waals surface area contributed by atoms with Crippen LogP contribution in [-0.2, 0) is 6.42 Å². The Bertz CT molecular complexity index is 337. The Kier molecular flexibility index (Phi) is 5.49. The predicted molar refractivity (Wildman–Crippen MR) is 73.7 cm³/mol. The molecule has 1 atom stereocenters.